The number of amides is 2. The van der Waals surface area contributed by atoms with Crippen molar-refractivity contribution in [3.63, 3.8) is 0 Å². The molecule has 0 unspecified atom stereocenters. The Bertz CT molecular complexity index is 1750. The van der Waals surface area contributed by atoms with Crippen molar-refractivity contribution >= 4 is 50.7 Å². The van der Waals surface area contributed by atoms with Crippen LogP contribution in [0.25, 0.3) is 21.3 Å². The molecule has 3 N–H and O–H groups in total. The fourth-order valence-corrected chi connectivity index (χ4v) is 5.05. The predicted molar refractivity (Wildman–Crippen MR) is 141 cm³/mol. The topological polar surface area (TPSA) is 107 Å². The van der Waals surface area contributed by atoms with Gasteiger partial charge in [0.2, 0.25) is 0 Å². The lowest BCUT2D eigenvalue weighted by Crippen LogP contribution is -2.16. The molecule has 0 radical (unpaired) electrons. The van der Waals surface area contributed by atoms with Crippen molar-refractivity contribution in [2.24, 2.45) is 5.73 Å². The number of halogens is 5. The van der Waals surface area contributed by atoms with E-state index in [4.69, 9.17) is 26.5 Å². The summed E-state index contributed by atoms with van der Waals surface area (Å²) in [7, 11) is 0. The summed E-state index contributed by atoms with van der Waals surface area (Å²) in [6.45, 7) is -0.0518. The Hall–Kier alpha value is -4.42. The molecule has 0 saturated carbocycles. The van der Waals surface area contributed by atoms with E-state index in [-0.39, 0.29) is 50.0 Å². The molecule has 204 valence electrons. The van der Waals surface area contributed by atoms with E-state index < -0.39 is 29.5 Å². The van der Waals surface area contributed by atoms with E-state index in [9.17, 15) is 27.2 Å². The van der Waals surface area contributed by atoms with Crippen molar-refractivity contribution in [2.75, 3.05) is 5.32 Å². The van der Waals surface area contributed by atoms with Gasteiger partial charge in [-0.25, -0.2) is 9.37 Å². The van der Waals surface area contributed by atoms with E-state index >= 15 is 0 Å². The highest BCUT2D eigenvalue weighted by Crippen LogP contribution is 2.43. The number of carbonyl (C=O) groups excluding carboxylic acids is 2. The maximum absolute atomic E-state index is 13.7. The highest BCUT2D eigenvalue weighted by Gasteiger charge is 2.35. The summed E-state index contributed by atoms with van der Waals surface area (Å²) < 4.78 is 65.7. The number of pyridine rings is 1. The molecule has 13 heteroatoms. The molecular weight excluding hydrogens is 574 g/mol. The molecule has 0 aliphatic carbocycles. The summed E-state index contributed by atoms with van der Waals surface area (Å²) in [4.78, 5) is 28.6. The van der Waals surface area contributed by atoms with E-state index in [1.807, 2.05) is 0 Å². The first kappa shape index (κ1) is 27.2. The third-order valence-electron chi connectivity index (χ3n) is 5.66. The number of fused-ring (bicyclic) bond motifs is 1. The van der Waals surface area contributed by atoms with E-state index in [2.05, 4.69) is 10.3 Å². The molecule has 5 aromatic rings. The zero-order chi connectivity index (χ0) is 28.6. The van der Waals surface area contributed by atoms with Crippen molar-refractivity contribution in [1.29, 1.82) is 0 Å². The van der Waals surface area contributed by atoms with Crippen LogP contribution in [0.15, 0.2) is 71.1 Å². The number of aromatic nitrogens is 1. The maximum atomic E-state index is 13.7. The number of nitrogens with zero attached hydrogens (tertiary/aromatic N) is 1. The van der Waals surface area contributed by atoms with Crippen molar-refractivity contribution < 1.29 is 36.3 Å². The molecule has 2 amide bonds. The normalized spacial score (nSPS) is 11.5. The van der Waals surface area contributed by atoms with Gasteiger partial charge in [-0.05, 0) is 53.6 Å². The molecule has 0 atom stereocenters. The molecule has 3 heterocycles. The minimum atomic E-state index is -4.82. The number of alkyl halides is 3. The van der Waals surface area contributed by atoms with Crippen molar-refractivity contribution in [3.8, 4) is 16.9 Å². The van der Waals surface area contributed by atoms with Gasteiger partial charge in [-0.15, -0.1) is 11.3 Å². The molecule has 0 spiro atoms. The summed E-state index contributed by atoms with van der Waals surface area (Å²) in [6.07, 6.45) is -4.82. The first-order valence-electron chi connectivity index (χ1n) is 11.4. The Balaban J connectivity index is 1.53. The summed E-state index contributed by atoms with van der Waals surface area (Å²) in [5.41, 5.74) is 4.28. The van der Waals surface area contributed by atoms with Crippen LogP contribution in [-0.4, -0.2) is 16.8 Å². The van der Waals surface area contributed by atoms with Gasteiger partial charge >= 0.3 is 6.18 Å². The number of furan rings is 1. The van der Waals surface area contributed by atoms with Crippen molar-refractivity contribution in [3.05, 3.63) is 99.7 Å². The van der Waals surface area contributed by atoms with Gasteiger partial charge in [0.15, 0.2) is 5.76 Å². The third kappa shape index (κ3) is 5.49. The quantitative estimate of drug-likeness (QED) is 0.194. The van der Waals surface area contributed by atoms with Gasteiger partial charge in [0.25, 0.3) is 11.8 Å². The van der Waals surface area contributed by atoms with Crippen molar-refractivity contribution in [1.82, 2.24) is 4.98 Å². The van der Waals surface area contributed by atoms with Gasteiger partial charge in [-0.2, -0.15) is 13.2 Å². The van der Waals surface area contributed by atoms with Gasteiger partial charge in [0.1, 0.15) is 39.3 Å². The van der Waals surface area contributed by atoms with Crippen LogP contribution in [-0.2, 0) is 12.8 Å². The Morgan fingerprint density at radius 1 is 1.07 bits per heavy atom. The summed E-state index contributed by atoms with van der Waals surface area (Å²) in [5.74, 6) is -1.90. The standard InChI is InChI=1S/C27H16ClF4N3O4S/c28-17-3-1-2-4-18(17)38-12-15-9-10-19(39-15)25(37)35-22-21-16(13-5-7-14(29)8-6-13)11-20(27(30,31)32)34-26(21)40-23(22)24(33)36/h1-11H,12H2,(H2,33,36)(H,35,37). The number of rotatable bonds is 7. The number of anilines is 1. The molecule has 5 rings (SSSR count). The lowest BCUT2D eigenvalue weighted by atomic mass is 10.0. The molecule has 3 aromatic heterocycles. The highest BCUT2D eigenvalue weighted by atomic mass is 35.5. The van der Waals surface area contributed by atoms with Crippen LogP contribution in [0.1, 0.15) is 31.7 Å². The summed E-state index contributed by atoms with van der Waals surface area (Å²) in [5, 5.41) is 2.94. The van der Waals surface area contributed by atoms with E-state index in [0.29, 0.717) is 22.1 Å². The molecular formula is C27H16ClF4N3O4S. The van der Waals surface area contributed by atoms with Crippen LogP contribution in [0.3, 0.4) is 0 Å². The first-order valence-corrected chi connectivity index (χ1v) is 12.6. The number of hydrogen-bond acceptors (Lipinski definition) is 6. The maximum Gasteiger partial charge on any atom is 0.433 e. The number of para-hydroxylation sites is 1. The smallest absolute Gasteiger partial charge is 0.433 e. The second kappa shape index (κ2) is 10.6. The van der Waals surface area contributed by atoms with Crippen LogP contribution >= 0.6 is 22.9 Å². The first-order chi connectivity index (χ1) is 19.0. The highest BCUT2D eigenvalue weighted by molar-refractivity contribution is 7.21. The molecule has 0 saturated heterocycles. The molecule has 0 aliphatic rings. The molecule has 0 aliphatic heterocycles. The van der Waals surface area contributed by atoms with Crippen LogP contribution < -0.4 is 15.8 Å². The van der Waals surface area contributed by atoms with Gasteiger partial charge in [-0.3, -0.25) is 9.59 Å². The minimum absolute atomic E-state index is 0.0283. The van der Waals surface area contributed by atoms with Gasteiger partial charge in [-0.1, -0.05) is 35.9 Å². The lowest BCUT2D eigenvalue weighted by Gasteiger charge is -2.12. The zero-order valence-electron chi connectivity index (χ0n) is 20.0. The number of benzene rings is 2. The molecule has 0 fully saturated rings. The summed E-state index contributed by atoms with van der Waals surface area (Å²) in [6, 6.07) is 15.1. The number of thiophene rings is 1. The van der Waals surface area contributed by atoms with Gasteiger partial charge in [0.05, 0.1) is 10.7 Å². The number of nitrogens with one attached hydrogen (secondary N) is 1. The number of carbonyl (C=O) groups is 2. The molecule has 40 heavy (non-hydrogen) atoms. The number of nitrogens with two attached hydrogens (primary N) is 1. The monoisotopic (exact) mass is 589 g/mol. The average Bonchev–Trinajstić information content (AvgIpc) is 3.53. The lowest BCUT2D eigenvalue weighted by molar-refractivity contribution is -0.140. The summed E-state index contributed by atoms with van der Waals surface area (Å²) >= 11 is 6.66. The predicted octanol–water partition coefficient (Wildman–Crippen LogP) is 7.30. The van der Waals surface area contributed by atoms with Crippen molar-refractivity contribution in [2.45, 2.75) is 12.8 Å². The second-order valence-electron chi connectivity index (χ2n) is 8.35. The SMILES string of the molecule is NC(=O)c1sc2nc(C(F)(F)F)cc(-c3ccc(F)cc3)c2c1NC(=O)c1ccc(COc2ccccc2Cl)o1. The second-order valence-corrected chi connectivity index (χ2v) is 9.76. The Labute approximate surface area is 232 Å². The van der Waals surface area contributed by atoms with Crippen LogP contribution in [0.5, 0.6) is 5.75 Å². The molecule has 7 nitrogen and oxygen atoms in total. The van der Waals surface area contributed by atoms with Gasteiger partial charge < -0.3 is 20.2 Å². The van der Waals surface area contributed by atoms with Crippen LogP contribution in [0, 0.1) is 5.82 Å². The Kier molecular flexibility index (Phi) is 7.21. The van der Waals surface area contributed by atoms with Gasteiger partial charge in [0, 0.05) is 5.39 Å². The van der Waals surface area contributed by atoms with E-state index in [0.717, 1.165) is 18.2 Å². The fourth-order valence-electron chi connectivity index (χ4n) is 3.86. The third-order valence-corrected chi connectivity index (χ3v) is 7.07. The zero-order valence-corrected chi connectivity index (χ0v) is 21.6. The average molecular weight is 590 g/mol. The molecule has 0 bridgehead atoms. The van der Waals surface area contributed by atoms with Crippen LogP contribution in [0.2, 0.25) is 5.02 Å². The molecule has 2 aromatic carbocycles. The largest absolute Gasteiger partial charge is 0.484 e. The Morgan fingerprint density at radius 3 is 2.48 bits per heavy atom. The number of hydrogen-bond donors (Lipinski definition) is 2. The fraction of sp³-hybridized carbons (Fsp3) is 0.0741. The minimum Gasteiger partial charge on any atom is -0.484 e. The van der Waals surface area contributed by atoms with Crippen LogP contribution in [0.4, 0.5) is 23.2 Å². The Morgan fingerprint density at radius 2 is 1.80 bits per heavy atom. The number of primary amides is 1. The number of ether oxygens (including phenoxy) is 1. The van der Waals surface area contributed by atoms with E-state index in [1.165, 1.54) is 24.3 Å². The van der Waals surface area contributed by atoms with E-state index in [1.54, 1.807) is 24.3 Å².